The van der Waals surface area contributed by atoms with Gasteiger partial charge >= 0.3 is 0 Å². The molecule has 0 aliphatic heterocycles. The third-order valence-electron chi connectivity index (χ3n) is 4.01. The minimum absolute atomic E-state index is 0.0756. The summed E-state index contributed by atoms with van der Waals surface area (Å²) in [4.78, 5) is 12.0. The lowest BCUT2D eigenvalue weighted by Gasteiger charge is -2.10. The van der Waals surface area contributed by atoms with Crippen molar-refractivity contribution in [3.8, 4) is 5.75 Å². The Hall–Kier alpha value is -2.73. The summed E-state index contributed by atoms with van der Waals surface area (Å²) in [5.41, 5.74) is 4.80. The number of hydrogen-bond acceptors (Lipinski definition) is 4. The zero-order valence-corrected chi connectivity index (χ0v) is 18.0. The first-order chi connectivity index (χ1) is 14.5. The van der Waals surface area contributed by atoms with Crippen LogP contribution < -0.4 is 15.5 Å². The highest BCUT2D eigenvalue weighted by molar-refractivity contribution is 6.35. The second-order valence-corrected chi connectivity index (χ2v) is 7.50. The van der Waals surface area contributed by atoms with Gasteiger partial charge in [-0.3, -0.25) is 4.79 Å². The Balaban J connectivity index is 1.54. The zero-order valence-electron chi connectivity index (χ0n) is 15.7. The van der Waals surface area contributed by atoms with Crippen molar-refractivity contribution in [2.45, 2.75) is 6.61 Å². The predicted octanol–water partition coefficient (Wildman–Crippen LogP) is 5.79. The molecule has 0 saturated carbocycles. The number of nitrogens with zero attached hydrogens (tertiary/aromatic N) is 1. The highest BCUT2D eigenvalue weighted by Gasteiger charge is 2.06. The van der Waals surface area contributed by atoms with Gasteiger partial charge in [-0.1, -0.05) is 53.0 Å². The van der Waals surface area contributed by atoms with E-state index in [2.05, 4.69) is 15.8 Å². The molecule has 0 radical (unpaired) electrons. The van der Waals surface area contributed by atoms with Crippen molar-refractivity contribution in [2.75, 3.05) is 11.9 Å². The molecule has 0 aromatic heterocycles. The molecular formula is C22H18Cl3N3O2. The molecule has 0 aliphatic rings. The fourth-order valence-electron chi connectivity index (χ4n) is 2.48. The van der Waals surface area contributed by atoms with Gasteiger partial charge in [0, 0.05) is 31.9 Å². The number of halogens is 3. The standard InChI is InChI=1S/C22H18Cl3N3O2/c23-17-7-9-19(10-8-17)26-13-22(29)28-27-12-15-3-1-2-4-21(15)30-14-16-5-6-18(24)11-20(16)25/h1-12,26H,13-14H2,(H,28,29)/b27-12-. The molecule has 0 spiro atoms. The number of para-hydroxylation sites is 1. The second-order valence-electron chi connectivity index (χ2n) is 6.22. The lowest BCUT2D eigenvalue weighted by Crippen LogP contribution is -2.25. The first-order valence-corrected chi connectivity index (χ1v) is 10.1. The van der Waals surface area contributed by atoms with Crippen LogP contribution >= 0.6 is 34.8 Å². The predicted molar refractivity (Wildman–Crippen MR) is 123 cm³/mol. The van der Waals surface area contributed by atoms with Crippen molar-refractivity contribution >= 4 is 52.6 Å². The molecule has 0 heterocycles. The van der Waals surface area contributed by atoms with E-state index in [1.807, 2.05) is 30.3 Å². The average Bonchev–Trinajstić information content (AvgIpc) is 2.73. The normalized spacial score (nSPS) is 10.8. The van der Waals surface area contributed by atoms with Crippen LogP contribution in [0, 0.1) is 0 Å². The quantitative estimate of drug-likeness (QED) is 0.329. The first-order valence-electron chi connectivity index (χ1n) is 8.98. The van der Waals surface area contributed by atoms with Crippen LogP contribution in [0.15, 0.2) is 71.8 Å². The monoisotopic (exact) mass is 461 g/mol. The van der Waals surface area contributed by atoms with E-state index >= 15 is 0 Å². The van der Waals surface area contributed by atoms with Gasteiger partial charge in [0.05, 0.1) is 12.8 Å². The number of hydrogen-bond donors (Lipinski definition) is 2. The molecule has 1 amide bonds. The Morgan fingerprint density at radius 3 is 2.47 bits per heavy atom. The van der Waals surface area contributed by atoms with Gasteiger partial charge in [0.1, 0.15) is 12.4 Å². The summed E-state index contributed by atoms with van der Waals surface area (Å²) in [6.07, 6.45) is 1.53. The first kappa shape index (κ1) is 22.0. The largest absolute Gasteiger partial charge is 0.488 e. The maximum absolute atomic E-state index is 12.0. The van der Waals surface area contributed by atoms with Gasteiger partial charge in [0.2, 0.25) is 0 Å². The minimum Gasteiger partial charge on any atom is -0.488 e. The molecule has 3 aromatic carbocycles. The Kier molecular flexibility index (Phi) is 7.97. The lowest BCUT2D eigenvalue weighted by molar-refractivity contribution is -0.119. The van der Waals surface area contributed by atoms with Crippen LogP contribution in [0.4, 0.5) is 5.69 Å². The van der Waals surface area contributed by atoms with Crippen LogP contribution in [-0.2, 0) is 11.4 Å². The molecule has 3 aromatic rings. The van der Waals surface area contributed by atoms with Crippen molar-refractivity contribution in [1.29, 1.82) is 0 Å². The van der Waals surface area contributed by atoms with Gasteiger partial charge in [0.25, 0.3) is 5.91 Å². The summed E-state index contributed by atoms with van der Waals surface area (Å²) in [7, 11) is 0. The summed E-state index contributed by atoms with van der Waals surface area (Å²) in [6.45, 7) is 0.352. The molecule has 154 valence electrons. The van der Waals surface area contributed by atoms with E-state index in [4.69, 9.17) is 39.5 Å². The van der Waals surface area contributed by atoms with Crippen LogP contribution in [0.25, 0.3) is 0 Å². The molecule has 8 heteroatoms. The topological polar surface area (TPSA) is 62.7 Å². The summed E-state index contributed by atoms with van der Waals surface area (Å²) in [6, 6.07) is 19.7. The number of benzene rings is 3. The second kappa shape index (κ2) is 10.9. The average molecular weight is 463 g/mol. The molecule has 0 bridgehead atoms. The molecule has 2 N–H and O–H groups in total. The Bertz CT molecular complexity index is 1040. The number of nitrogens with one attached hydrogen (secondary N) is 2. The molecule has 3 rings (SSSR count). The number of anilines is 1. The van der Waals surface area contributed by atoms with Gasteiger partial charge in [-0.2, -0.15) is 5.10 Å². The van der Waals surface area contributed by atoms with Gasteiger partial charge < -0.3 is 10.1 Å². The Morgan fingerprint density at radius 1 is 0.967 bits per heavy atom. The number of rotatable bonds is 8. The van der Waals surface area contributed by atoms with Crippen LogP contribution in [0.1, 0.15) is 11.1 Å². The number of ether oxygens (including phenoxy) is 1. The summed E-state index contributed by atoms with van der Waals surface area (Å²) < 4.78 is 5.86. The van der Waals surface area contributed by atoms with Gasteiger partial charge in [0.15, 0.2) is 0 Å². The van der Waals surface area contributed by atoms with E-state index < -0.39 is 0 Å². The maximum atomic E-state index is 12.0. The minimum atomic E-state index is -0.285. The van der Waals surface area contributed by atoms with E-state index in [9.17, 15) is 4.79 Å². The summed E-state index contributed by atoms with van der Waals surface area (Å²) in [5.74, 6) is 0.327. The Morgan fingerprint density at radius 2 is 1.70 bits per heavy atom. The summed E-state index contributed by atoms with van der Waals surface area (Å²) in [5, 5.41) is 8.73. The lowest BCUT2D eigenvalue weighted by atomic mass is 10.2. The molecule has 5 nitrogen and oxygen atoms in total. The van der Waals surface area contributed by atoms with Gasteiger partial charge in [-0.15, -0.1) is 0 Å². The van der Waals surface area contributed by atoms with Crippen LogP contribution in [-0.4, -0.2) is 18.7 Å². The third-order valence-corrected chi connectivity index (χ3v) is 4.85. The van der Waals surface area contributed by atoms with E-state index in [0.717, 1.165) is 11.3 Å². The highest BCUT2D eigenvalue weighted by Crippen LogP contribution is 2.24. The fourth-order valence-corrected chi connectivity index (χ4v) is 3.07. The number of carbonyl (C=O) groups excluding carboxylic acids is 1. The highest BCUT2D eigenvalue weighted by atomic mass is 35.5. The number of hydrazone groups is 1. The molecule has 30 heavy (non-hydrogen) atoms. The molecule has 0 fully saturated rings. The van der Waals surface area contributed by atoms with Gasteiger partial charge in [-0.25, -0.2) is 5.43 Å². The van der Waals surface area contributed by atoms with Gasteiger partial charge in [-0.05, 0) is 48.5 Å². The summed E-state index contributed by atoms with van der Waals surface area (Å²) >= 11 is 17.9. The van der Waals surface area contributed by atoms with E-state index in [0.29, 0.717) is 26.4 Å². The van der Waals surface area contributed by atoms with Crippen LogP contribution in [0.2, 0.25) is 15.1 Å². The van der Waals surface area contributed by atoms with E-state index in [-0.39, 0.29) is 19.1 Å². The molecule has 0 unspecified atom stereocenters. The van der Waals surface area contributed by atoms with Crippen molar-refractivity contribution in [2.24, 2.45) is 5.10 Å². The molecular weight excluding hydrogens is 445 g/mol. The maximum Gasteiger partial charge on any atom is 0.259 e. The van der Waals surface area contributed by atoms with E-state index in [1.54, 1.807) is 36.4 Å². The van der Waals surface area contributed by atoms with Crippen molar-refractivity contribution < 1.29 is 9.53 Å². The van der Waals surface area contributed by atoms with Crippen LogP contribution in [0.3, 0.4) is 0 Å². The van der Waals surface area contributed by atoms with Crippen molar-refractivity contribution in [3.05, 3.63) is 92.9 Å². The van der Waals surface area contributed by atoms with Crippen molar-refractivity contribution in [1.82, 2.24) is 5.43 Å². The zero-order chi connectivity index (χ0) is 21.3. The number of carbonyl (C=O) groups is 1. The van der Waals surface area contributed by atoms with Crippen molar-refractivity contribution in [3.63, 3.8) is 0 Å². The molecule has 0 aliphatic carbocycles. The molecule has 0 saturated heterocycles. The number of amides is 1. The molecule has 0 atom stereocenters. The smallest absolute Gasteiger partial charge is 0.259 e. The Labute approximate surface area is 189 Å². The van der Waals surface area contributed by atoms with E-state index in [1.165, 1.54) is 6.21 Å². The van der Waals surface area contributed by atoms with Crippen LogP contribution in [0.5, 0.6) is 5.75 Å². The fraction of sp³-hybridized carbons (Fsp3) is 0.0909. The SMILES string of the molecule is O=C(CNc1ccc(Cl)cc1)N/N=C\c1ccccc1OCc1ccc(Cl)cc1Cl. The third kappa shape index (κ3) is 6.66.